The molecule has 1 atom stereocenters. The predicted molar refractivity (Wildman–Crippen MR) is 307 cm³/mol. The van der Waals surface area contributed by atoms with Crippen molar-refractivity contribution in [2.24, 2.45) is 0 Å². The van der Waals surface area contributed by atoms with E-state index in [-0.39, 0.29) is 37.5 Å². The number of allylic oxidation sites excluding steroid dienone is 18. The van der Waals surface area contributed by atoms with Gasteiger partial charge in [-0.2, -0.15) is 0 Å². The Balaban J connectivity index is 4.27. The minimum atomic E-state index is -0.804. The van der Waals surface area contributed by atoms with E-state index in [1.807, 2.05) is 0 Å². The third-order valence-electron chi connectivity index (χ3n) is 12.2. The molecule has 0 amide bonds. The first-order valence-corrected chi connectivity index (χ1v) is 29.4. The predicted octanol–water partition coefficient (Wildman–Crippen LogP) is 19.9. The van der Waals surface area contributed by atoms with Crippen molar-refractivity contribution in [2.45, 2.75) is 271 Å². The summed E-state index contributed by atoms with van der Waals surface area (Å²) in [5.41, 5.74) is 0. The molecule has 0 heterocycles. The highest BCUT2D eigenvalue weighted by Gasteiger charge is 2.19. The van der Waals surface area contributed by atoms with Crippen molar-refractivity contribution in [2.75, 3.05) is 13.2 Å². The molecule has 0 aliphatic heterocycles. The van der Waals surface area contributed by atoms with Crippen molar-refractivity contribution in [3.63, 3.8) is 0 Å². The molecule has 6 heteroatoms. The van der Waals surface area contributed by atoms with Gasteiger partial charge in [-0.15, -0.1) is 0 Å². The Bertz CT molecular complexity index is 1460. The molecule has 1 unspecified atom stereocenters. The van der Waals surface area contributed by atoms with Crippen molar-refractivity contribution in [3.05, 3.63) is 109 Å². The van der Waals surface area contributed by atoms with Crippen LogP contribution in [0, 0.1) is 0 Å². The van der Waals surface area contributed by atoms with Crippen LogP contribution in [0.1, 0.15) is 265 Å². The van der Waals surface area contributed by atoms with Gasteiger partial charge in [-0.3, -0.25) is 14.4 Å². The van der Waals surface area contributed by atoms with Crippen molar-refractivity contribution < 1.29 is 28.6 Å². The number of rotatable bonds is 52. The number of carbonyl (C=O) groups excluding carboxylic acids is 3. The van der Waals surface area contributed by atoms with Crippen molar-refractivity contribution in [1.29, 1.82) is 0 Å². The highest BCUT2D eigenvalue weighted by molar-refractivity contribution is 5.71. The number of esters is 3. The molecule has 0 aliphatic rings. The van der Waals surface area contributed by atoms with E-state index in [1.54, 1.807) is 0 Å². The molecule has 0 aromatic heterocycles. The summed E-state index contributed by atoms with van der Waals surface area (Å²) in [6.07, 6.45) is 79.6. The molecule has 0 radical (unpaired) electrons. The average molecular weight is 986 g/mol. The molecule has 0 bridgehead atoms. The molecule has 0 fully saturated rings. The lowest BCUT2D eigenvalue weighted by atomic mass is 10.0. The number of unbranched alkanes of at least 4 members (excludes halogenated alkanes) is 23. The van der Waals surface area contributed by atoms with Gasteiger partial charge in [-0.25, -0.2) is 0 Å². The van der Waals surface area contributed by atoms with Gasteiger partial charge >= 0.3 is 17.9 Å². The van der Waals surface area contributed by atoms with Crippen LogP contribution in [0.25, 0.3) is 0 Å². The molecule has 0 rings (SSSR count). The SMILES string of the molecule is CC/C=C\C/C=C\C/C=C\C/C=C\CCCCCCCCCCCCCCCCC(=O)OCC(COC(=O)CCCCCCC/C=C\CCCC)OC(=O)CCCC/C=C\C/C=C\C/C=C\C/C=C\CC. The fraction of sp³-hybridized carbons (Fsp3) is 0.677. The lowest BCUT2D eigenvalue weighted by Gasteiger charge is -2.18. The molecular formula is C65H108O6. The second kappa shape index (κ2) is 58.6. The molecule has 0 aromatic rings. The zero-order chi connectivity index (χ0) is 51.4. The molecule has 404 valence electrons. The zero-order valence-electron chi connectivity index (χ0n) is 46.2. The first-order valence-electron chi connectivity index (χ1n) is 29.4. The second-order valence-electron chi connectivity index (χ2n) is 19.1. The van der Waals surface area contributed by atoms with E-state index in [0.29, 0.717) is 19.3 Å². The van der Waals surface area contributed by atoms with Gasteiger partial charge in [0.05, 0.1) is 0 Å². The van der Waals surface area contributed by atoms with E-state index < -0.39 is 6.10 Å². The number of carbonyl (C=O) groups is 3. The Morgan fingerprint density at radius 2 is 0.549 bits per heavy atom. The number of hydrogen-bond acceptors (Lipinski definition) is 6. The van der Waals surface area contributed by atoms with E-state index in [0.717, 1.165) is 116 Å². The zero-order valence-corrected chi connectivity index (χ0v) is 46.2. The maximum Gasteiger partial charge on any atom is 0.306 e. The number of hydrogen-bond donors (Lipinski definition) is 0. The highest BCUT2D eigenvalue weighted by Crippen LogP contribution is 2.15. The number of ether oxygens (including phenoxy) is 3. The van der Waals surface area contributed by atoms with E-state index >= 15 is 0 Å². The molecule has 0 aliphatic carbocycles. The van der Waals surface area contributed by atoms with Crippen LogP contribution >= 0.6 is 0 Å². The van der Waals surface area contributed by atoms with Crippen LogP contribution < -0.4 is 0 Å². The Morgan fingerprint density at radius 3 is 0.901 bits per heavy atom. The van der Waals surface area contributed by atoms with E-state index in [2.05, 4.69) is 130 Å². The minimum absolute atomic E-state index is 0.0978. The van der Waals surface area contributed by atoms with E-state index in [4.69, 9.17) is 14.2 Å². The summed E-state index contributed by atoms with van der Waals surface area (Å²) in [4.78, 5) is 38.1. The van der Waals surface area contributed by atoms with Gasteiger partial charge in [-0.1, -0.05) is 239 Å². The summed E-state index contributed by atoms with van der Waals surface area (Å²) in [6.45, 7) is 6.33. The van der Waals surface area contributed by atoms with Crippen molar-refractivity contribution >= 4 is 17.9 Å². The third-order valence-corrected chi connectivity index (χ3v) is 12.2. The van der Waals surface area contributed by atoms with E-state index in [1.165, 1.54) is 103 Å². The fourth-order valence-electron chi connectivity index (χ4n) is 7.88. The van der Waals surface area contributed by atoms with Gasteiger partial charge in [0.25, 0.3) is 0 Å². The quantitative estimate of drug-likeness (QED) is 0.0261. The summed E-state index contributed by atoms with van der Waals surface area (Å²) < 4.78 is 16.8. The lowest BCUT2D eigenvalue weighted by Crippen LogP contribution is -2.30. The van der Waals surface area contributed by atoms with Crippen LogP contribution in [-0.4, -0.2) is 37.2 Å². The fourth-order valence-corrected chi connectivity index (χ4v) is 7.88. The molecular weight excluding hydrogens is 877 g/mol. The lowest BCUT2D eigenvalue weighted by molar-refractivity contribution is -0.167. The maximum atomic E-state index is 12.8. The van der Waals surface area contributed by atoms with Crippen molar-refractivity contribution in [3.8, 4) is 0 Å². The van der Waals surface area contributed by atoms with Crippen LogP contribution in [0.15, 0.2) is 109 Å². The van der Waals surface area contributed by atoms with Gasteiger partial charge in [0.1, 0.15) is 13.2 Å². The average Bonchev–Trinajstić information content (AvgIpc) is 3.37. The van der Waals surface area contributed by atoms with Crippen LogP contribution in [0.2, 0.25) is 0 Å². The van der Waals surface area contributed by atoms with Crippen LogP contribution in [0.4, 0.5) is 0 Å². The first kappa shape index (κ1) is 67.1. The Morgan fingerprint density at radius 1 is 0.296 bits per heavy atom. The standard InChI is InChI=1S/C65H108O6/c1-4-7-10-13-16-19-22-24-26-27-28-29-30-31-32-33-34-35-36-37-39-40-43-46-49-52-55-58-64(67)70-61-62(60-69-63(66)57-54-51-48-45-42-21-18-15-12-9-6-3)71-65(68)59-56-53-50-47-44-41-38-25-23-20-17-14-11-8-5-2/h7-8,10-11,15-20,24-26,28-29,38,44,47,62H,4-6,9,12-14,21-23,27,30-37,39-43,45-46,48-61H2,1-3H3/b10-7-,11-8-,18-15-,19-16-,20-17-,26-24-,29-28-,38-25-,47-44-. The highest BCUT2D eigenvalue weighted by atomic mass is 16.6. The Labute approximate surface area is 438 Å². The normalized spacial score (nSPS) is 12.9. The Kier molecular flexibility index (Phi) is 55.4. The van der Waals surface area contributed by atoms with Gasteiger partial charge in [0.15, 0.2) is 6.10 Å². The third kappa shape index (κ3) is 56.9. The molecule has 0 aromatic carbocycles. The summed E-state index contributed by atoms with van der Waals surface area (Å²) >= 11 is 0. The van der Waals surface area contributed by atoms with Gasteiger partial charge < -0.3 is 14.2 Å². The minimum Gasteiger partial charge on any atom is -0.462 e. The summed E-state index contributed by atoms with van der Waals surface area (Å²) in [6, 6.07) is 0. The molecule has 71 heavy (non-hydrogen) atoms. The van der Waals surface area contributed by atoms with Crippen LogP contribution in [0.5, 0.6) is 0 Å². The molecule has 0 spiro atoms. The topological polar surface area (TPSA) is 78.9 Å². The van der Waals surface area contributed by atoms with E-state index in [9.17, 15) is 14.4 Å². The second-order valence-corrected chi connectivity index (χ2v) is 19.1. The summed E-state index contributed by atoms with van der Waals surface area (Å²) in [7, 11) is 0. The smallest absolute Gasteiger partial charge is 0.306 e. The largest absolute Gasteiger partial charge is 0.462 e. The Hall–Kier alpha value is -3.93. The van der Waals surface area contributed by atoms with Crippen molar-refractivity contribution in [1.82, 2.24) is 0 Å². The summed E-state index contributed by atoms with van der Waals surface area (Å²) in [5, 5.41) is 0. The molecule has 6 nitrogen and oxygen atoms in total. The summed E-state index contributed by atoms with van der Waals surface area (Å²) in [5.74, 6) is -0.950. The first-order chi connectivity index (χ1) is 35.0. The maximum absolute atomic E-state index is 12.8. The van der Waals surface area contributed by atoms with Gasteiger partial charge in [-0.05, 0) is 116 Å². The van der Waals surface area contributed by atoms with Gasteiger partial charge in [0, 0.05) is 19.3 Å². The van der Waals surface area contributed by atoms with Crippen LogP contribution in [0.3, 0.4) is 0 Å². The molecule has 0 saturated carbocycles. The van der Waals surface area contributed by atoms with Gasteiger partial charge in [0.2, 0.25) is 0 Å². The monoisotopic (exact) mass is 985 g/mol. The molecule has 0 N–H and O–H groups in total. The molecule has 0 saturated heterocycles. The van der Waals surface area contributed by atoms with Crippen LogP contribution in [-0.2, 0) is 28.6 Å².